The highest BCUT2D eigenvalue weighted by atomic mass is 19.1. The van der Waals surface area contributed by atoms with Crippen LogP contribution in [0.25, 0.3) is 11.1 Å². The van der Waals surface area contributed by atoms with E-state index in [1.54, 1.807) is 41.3 Å². The van der Waals surface area contributed by atoms with E-state index in [0.29, 0.717) is 24.0 Å². The summed E-state index contributed by atoms with van der Waals surface area (Å²) in [6.07, 6.45) is 0.421. The second-order valence-corrected chi connectivity index (χ2v) is 9.48. The molecular weight excluding hydrogens is 469 g/mol. The third-order valence-electron chi connectivity index (χ3n) is 7.06. The minimum atomic E-state index is -0.788. The van der Waals surface area contributed by atoms with Crippen molar-refractivity contribution in [3.63, 3.8) is 0 Å². The normalized spacial score (nSPS) is 18.2. The molecule has 1 aliphatic rings. The second-order valence-electron chi connectivity index (χ2n) is 9.48. The fraction of sp³-hybridized carbons (Fsp3) is 0.194. The number of phenols is 2. The molecule has 4 aromatic rings. The van der Waals surface area contributed by atoms with Gasteiger partial charge in [0.2, 0.25) is 5.91 Å². The molecule has 0 aromatic heterocycles. The van der Waals surface area contributed by atoms with Crippen LogP contribution in [-0.2, 0) is 4.79 Å². The molecule has 1 fully saturated rings. The van der Waals surface area contributed by atoms with Crippen molar-refractivity contribution in [1.29, 1.82) is 0 Å². The fourth-order valence-electron chi connectivity index (χ4n) is 5.23. The summed E-state index contributed by atoms with van der Waals surface area (Å²) in [6.45, 7) is 0. The summed E-state index contributed by atoms with van der Waals surface area (Å²) in [5, 5.41) is 31.7. The van der Waals surface area contributed by atoms with Crippen LogP contribution in [0.5, 0.6) is 11.5 Å². The molecule has 0 unspecified atom stereocenters. The van der Waals surface area contributed by atoms with Crippen LogP contribution in [0.15, 0.2) is 97.1 Å². The van der Waals surface area contributed by atoms with Crippen LogP contribution in [0.1, 0.15) is 42.5 Å². The number of amides is 1. The van der Waals surface area contributed by atoms with E-state index in [4.69, 9.17) is 0 Å². The second kappa shape index (κ2) is 10.4. The van der Waals surface area contributed by atoms with Crippen molar-refractivity contribution in [3.05, 3.63) is 114 Å². The van der Waals surface area contributed by atoms with Crippen LogP contribution in [-0.4, -0.2) is 21.2 Å². The highest BCUT2D eigenvalue weighted by Crippen LogP contribution is 2.47. The van der Waals surface area contributed by atoms with E-state index >= 15 is 0 Å². The highest BCUT2D eigenvalue weighted by molar-refractivity contribution is 5.97. The van der Waals surface area contributed by atoms with E-state index in [2.05, 4.69) is 0 Å². The Morgan fingerprint density at radius 2 is 1.59 bits per heavy atom. The van der Waals surface area contributed by atoms with Gasteiger partial charge in [-0.2, -0.15) is 0 Å². The first-order valence-corrected chi connectivity index (χ1v) is 12.3. The van der Waals surface area contributed by atoms with Crippen LogP contribution >= 0.6 is 0 Å². The number of aliphatic hydroxyl groups is 1. The van der Waals surface area contributed by atoms with Crippen molar-refractivity contribution >= 4 is 11.6 Å². The topological polar surface area (TPSA) is 81.0 Å². The van der Waals surface area contributed by atoms with Crippen molar-refractivity contribution in [1.82, 2.24) is 0 Å². The number of aliphatic hydroxyl groups excluding tert-OH is 1. The summed E-state index contributed by atoms with van der Waals surface area (Å²) in [5.74, 6) is -0.363. The zero-order valence-corrected chi connectivity index (χ0v) is 20.2. The summed E-state index contributed by atoms with van der Waals surface area (Å²) in [7, 11) is 0. The van der Waals surface area contributed by atoms with Gasteiger partial charge in [0.25, 0.3) is 0 Å². The molecule has 3 N–H and O–H groups in total. The monoisotopic (exact) mass is 497 g/mol. The number of para-hydroxylation sites is 1. The van der Waals surface area contributed by atoms with Gasteiger partial charge in [-0.05, 0) is 77.9 Å². The number of hydrogen-bond donors (Lipinski definition) is 3. The summed E-state index contributed by atoms with van der Waals surface area (Å²) in [6, 6.07) is 26.9. The van der Waals surface area contributed by atoms with Gasteiger partial charge in [-0.25, -0.2) is 4.39 Å². The van der Waals surface area contributed by atoms with Gasteiger partial charge in [0.1, 0.15) is 17.3 Å². The Kier molecular flexibility index (Phi) is 6.93. The van der Waals surface area contributed by atoms with E-state index in [1.165, 1.54) is 12.1 Å². The number of hydrogen-bond acceptors (Lipinski definition) is 4. The van der Waals surface area contributed by atoms with E-state index in [0.717, 1.165) is 16.8 Å². The lowest BCUT2D eigenvalue weighted by atomic mass is 9.86. The van der Waals surface area contributed by atoms with Gasteiger partial charge < -0.3 is 20.2 Å². The van der Waals surface area contributed by atoms with E-state index in [9.17, 15) is 24.5 Å². The van der Waals surface area contributed by atoms with Gasteiger partial charge >= 0.3 is 0 Å². The van der Waals surface area contributed by atoms with E-state index in [-0.39, 0.29) is 35.6 Å². The van der Waals surface area contributed by atoms with E-state index < -0.39 is 12.1 Å². The van der Waals surface area contributed by atoms with Crippen molar-refractivity contribution in [2.75, 3.05) is 4.90 Å². The molecule has 0 spiro atoms. The molecule has 0 bridgehead atoms. The maximum Gasteiger partial charge on any atom is 0.227 e. The Labute approximate surface area is 215 Å². The number of rotatable bonds is 7. The Bertz CT molecular complexity index is 1390. The van der Waals surface area contributed by atoms with E-state index in [1.807, 2.05) is 48.5 Å². The average Bonchev–Trinajstić information content (AvgIpc) is 3.23. The molecule has 0 aliphatic carbocycles. The smallest absolute Gasteiger partial charge is 0.227 e. The van der Waals surface area contributed by atoms with Crippen LogP contribution < -0.4 is 4.90 Å². The summed E-state index contributed by atoms with van der Waals surface area (Å²) in [5.41, 5.74) is 3.51. The molecule has 0 radical (unpaired) electrons. The van der Waals surface area contributed by atoms with Crippen LogP contribution in [0.2, 0.25) is 0 Å². The van der Waals surface area contributed by atoms with Crippen molar-refractivity contribution < 1.29 is 24.5 Å². The average molecular weight is 498 g/mol. The quantitative estimate of drug-likeness (QED) is 0.272. The van der Waals surface area contributed by atoms with Crippen LogP contribution in [0.4, 0.5) is 10.1 Å². The zero-order chi connectivity index (χ0) is 25.9. The molecule has 5 rings (SSSR count). The van der Waals surface area contributed by atoms with Crippen molar-refractivity contribution in [2.45, 2.75) is 31.4 Å². The number of nitrogens with zero attached hydrogens (tertiary/aromatic N) is 1. The standard InChI is InChI=1S/C31H28FNO4/c32-24-13-9-20(10-14-24)28(35)16-12-23-19-30(37)33(25-6-2-1-3-7-25)31(23)27-15-11-22(18-29(27)36)21-5-4-8-26(34)17-21/h1-11,13-15,17-18,23,28,31,34-36H,12,16,19H2/t23-,28-,31-/m0/s1. The number of carbonyl (C=O) groups is 1. The summed E-state index contributed by atoms with van der Waals surface area (Å²) in [4.78, 5) is 15.0. The van der Waals surface area contributed by atoms with Crippen LogP contribution in [0, 0.1) is 11.7 Å². The maximum absolute atomic E-state index is 13.3. The number of aromatic hydroxyl groups is 2. The third-order valence-corrected chi connectivity index (χ3v) is 7.06. The highest BCUT2D eigenvalue weighted by Gasteiger charge is 2.42. The molecule has 188 valence electrons. The minimum Gasteiger partial charge on any atom is -0.508 e. The predicted octanol–water partition coefficient (Wildman–Crippen LogP) is 6.51. The maximum atomic E-state index is 13.3. The molecule has 1 heterocycles. The molecule has 6 heteroatoms. The first kappa shape index (κ1) is 24.5. The number of anilines is 1. The Balaban J connectivity index is 1.46. The molecule has 5 nitrogen and oxygen atoms in total. The van der Waals surface area contributed by atoms with Gasteiger partial charge in [-0.3, -0.25) is 4.79 Å². The van der Waals surface area contributed by atoms with Gasteiger partial charge in [0.15, 0.2) is 0 Å². The molecule has 3 atom stereocenters. The first-order chi connectivity index (χ1) is 17.9. The van der Waals surface area contributed by atoms with Gasteiger partial charge in [0, 0.05) is 17.7 Å². The molecule has 0 saturated carbocycles. The van der Waals surface area contributed by atoms with Gasteiger partial charge in [0.05, 0.1) is 12.1 Å². The lowest BCUT2D eigenvalue weighted by Crippen LogP contribution is -2.29. The fourth-order valence-corrected chi connectivity index (χ4v) is 5.23. The summed E-state index contributed by atoms with van der Waals surface area (Å²) < 4.78 is 13.3. The Morgan fingerprint density at radius 3 is 2.30 bits per heavy atom. The Hall–Kier alpha value is -4.16. The summed E-state index contributed by atoms with van der Waals surface area (Å²) >= 11 is 0. The van der Waals surface area contributed by atoms with Crippen molar-refractivity contribution in [3.8, 4) is 22.6 Å². The minimum absolute atomic E-state index is 0.0473. The van der Waals surface area contributed by atoms with Crippen molar-refractivity contribution in [2.24, 2.45) is 5.92 Å². The molecule has 4 aromatic carbocycles. The SMILES string of the molecule is O=C1C[C@H](CC[C@H](O)c2ccc(F)cc2)[C@@H](c2ccc(-c3cccc(O)c3)cc2O)N1c1ccccc1. The molecule has 1 aliphatic heterocycles. The van der Waals surface area contributed by atoms with Gasteiger partial charge in [-0.1, -0.05) is 54.6 Å². The molecule has 1 saturated heterocycles. The molecule has 37 heavy (non-hydrogen) atoms. The lowest BCUT2D eigenvalue weighted by molar-refractivity contribution is -0.117. The number of halogens is 1. The number of carbonyl (C=O) groups excluding carboxylic acids is 1. The van der Waals surface area contributed by atoms with Crippen LogP contribution in [0.3, 0.4) is 0 Å². The lowest BCUT2D eigenvalue weighted by Gasteiger charge is -2.30. The number of phenolic OH excluding ortho intramolecular Hbond substituents is 2. The Morgan fingerprint density at radius 1 is 0.865 bits per heavy atom. The number of benzene rings is 4. The zero-order valence-electron chi connectivity index (χ0n) is 20.2. The first-order valence-electron chi connectivity index (χ1n) is 12.3. The predicted molar refractivity (Wildman–Crippen MR) is 141 cm³/mol. The van der Waals surface area contributed by atoms with Gasteiger partial charge in [-0.15, -0.1) is 0 Å². The molecule has 1 amide bonds. The molecular formula is C31H28FNO4. The third kappa shape index (κ3) is 5.20. The largest absolute Gasteiger partial charge is 0.508 e.